The molecule has 2 aromatic carbocycles. The average Bonchev–Trinajstić information content (AvgIpc) is 3.13. The summed E-state index contributed by atoms with van der Waals surface area (Å²) < 4.78 is 12.7. The summed E-state index contributed by atoms with van der Waals surface area (Å²) in [5.41, 5.74) is 2.51. The molecule has 0 spiro atoms. The molecule has 31 heavy (non-hydrogen) atoms. The molecule has 5 rings (SSSR count). The van der Waals surface area contributed by atoms with Crippen LogP contribution in [0.4, 0.5) is 5.82 Å². The average molecular weight is 420 g/mol. The number of hydrogen-bond acceptors (Lipinski definition) is 7. The molecule has 9 nitrogen and oxygen atoms in total. The maximum absolute atomic E-state index is 12.4. The lowest BCUT2D eigenvalue weighted by Crippen LogP contribution is -2.36. The number of para-hydroxylation sites is 2. The van der Waals surface area contributed by atoms with E-state index in [1.807, 2.05) is 41.0 Å². The third kappa shape index (κ3) is 3.45. The Hall–Kier alpha value is -3.62. The number of fused-ring (bicyclic) bond motifs is 2. The SMILES string of the molecule is COc1cc2nnnc(N3CCC(Cn4c(=O)[nH]c5ccccc54)CC3)c2cc1OC. The number of nitrogens with zero attached hydrogens (tertiary/aromatic N) is 5. The second kappa shape index (κ2) is 7.90. The molecule has 0 radical (unpaired) electrons. The predicted octanol–water partition coefficient (Wildman–Crippen LogP) is 2.60. The Balaban J connectivity index is 1.36. The van der Waals surface area contributed by atoms with Crippen LogP contribution in [-0.4, -0.2) is 52.3 Å². The Morgan fingerprint density at radius 3 is 2.58 bits per heavy atom. The lowest BCUT2D eigenvalue weighted by atomic mass is 9.96. The van der Waals surface area contributed by atoms with Gasteiger partial charge in [0.15, 0.2) is 17.3 Å². The molecule has 1 aliphatic rings. The molecule has 1 N–H and O–H groups in total. The van der Waals surface area contributed by atoms with Crippen molar-refractivity contribution in [3.8, 4) is 11.5 Å². The molecular weight excluding hydrogens is 396 g/mol. The number of piperidine rings is 1. The maximum Gasteiger partial charge on any atom is 0.326 e. The number of benzene rings is 2. The lowest BCUT2D eigenvalue weighted by molar-refractivity contribution is 0.354. The van der Waals surface area contributed by atoms with Crippen LogP contribution in [-0.2, 0) is 6.54 Å². The van der Waals surface area contributed by atoms with E-state index >= 15 is 0 Å². The highest BCUT2D eigenvalue weighted by Crippen LogP contribution is 2.35. The highest BCUT2D eigenvalue weighted by molar-refractivity contribution is 5.91. The van der Waals surface area contributed by atoms with Crippen molar-refractivity contribution in [2.45, 2.75) is 19.4 Å². The third-order valence-corrected chi connectivity index (χ3v) is 6.07. The first-order valence-electron chi connectivity index (χ1n) is 10.4. The van der Waals surface area contributed by atoms with Gasteiger partial charge in [-0.1, -0.05) is 12.1 Å². The van der Waals surface area contributed by atoms with Crippen LogP contribution in [0, 0.1) is 5.92 Å². The topological polar surface area (TPSA) is 98.2 Å². The van der Waals surface area contributed by atoms with Gasteiger partial charge in [-0.05, 0) is 42.2 Å². The Labute approximate surface area is 178 Å². The quantitative estimate of drug-likeness (QED) is 0.530. The highest BCUT2D eigenvalue weighted by Gasteiger charge is 2.24. The lowest BCUT2D eigenvalue weighted by Gasteiger charge is -2.33. The Bertz CT molecular complexity index is 1290. The molecule has 1 fully saturated rings. The van der Waals surface area contributed by atoms with Crippen LogP contribution in [0.5, 0.6) is 11.5 Å². The van der Waals surface area contributed by atoms with Crippen LogP contribution in [0.2, 0.25) is 0 Å². The molecule has 2 aromatic heterocycles. The van der Waals surface area contributed by atoms with Gasteiger partial charge in [0.1, 0.15) is 5.52 Å². The van der Waals surface area contributed by atoms with Gasteiger partial charge in [-0.3, -0.25) is 4.57 Å². The summed E-state index contributed by atoms with van der Waals surface area (Å²) in [4.78, 5) is 17.6. The fraction of sp³-hybridized carbons (Fsp3) is 0.364. The first kappa shape index (κ1) is 19.3. The molecule has 0 atom stereocenters. The standard InChI is InChI=1S/C22H24N6O3/c1-30-19-11-15-17(12-20(19)31-2)24-26-25-21(15)27-9-7-14(8-10-27)13-28-18-6-4-3-5-16(18)23-22(28)29/h3-6,11-12,14H,7-10,13H2,1-2H3,(H,23,29). The van der Waals surface area contributed by atoms with Crippen LogP contribution >= 0.6 is 0 Å². The highest BCUT2D eigenvalue weighted by atomic mass is 16.5. The van der Waals surface area contributed by atoms with Crippen molar-refractivity contribution < 1.29 is 9.47 Å². The van der Waals surface area contributed by atoms with Crippen molar-refractivity contribution in [1.29, 1.82) is 0 Å². The van der Waals surface area contributed by atoms with Crippen LogP contribution in [0.3, 0.4) is 0 Å². The molecule has 0 amide bonds. The first-order valence-corrected chi connectivity index (χ1v) is 10.4. The Morgan fingerprint density at radius 1 is 1.06 bits per heavy atom. The first-order chi connectivity index (χ1) is 15.2. The maximum atomic E-state index is 12.4. The molecule has 0 aliphatic carbocycles. The fourth-order valence-electron chi connectivity index (χ4n) is 4.40. The van der Waals surface area contributed by atoms with Crippen molar-refractivity contribution >= 4 is 27.8 Å². The number of nitrogens with one attached hydrogen (secondary N) is 1. The van der Waals surface area contributed by atoms with Gasteiger partial charge in [-0.15, -0.1) is 10.2 Å². The van der Waals surface area contributed by atoms with E-state index in [2.05, 4.69) is 25.3 Å². The number of imidazole rings is 1. The van der Waals surface area contributed by atoms with Crippen LogP contribution in [0.25, 0.3) is 21.9 Å². The number of H-pyrrole nitrogens is 1. The van der Waals surface area contributed by atoms with E-state index in [0.29, 0.717) is 24.0 Å². The zero-order valence-electron chi connectivity index (χ0n) is 17.5. The third-order valence-electron chi connectivity index (χ3n) is 6.07. The molecule has 4 aromatic rings. The monoisotopic (exact) mass is 420 g/mol. The normalized spacial score (nSPS) is 15.0. The largest absolute Gasteiger partial charge is 0.493 e. The number of methoxy groups -OCH3 is 2. The fourth-order valence-corrected chi connectivity index (χ4v) is 4.40. The number of ether oxygens (including phenoxy) is 2. The molecule has 1 saturated heterocycles. The smallest absolute Gasteiger partial charge is 0.326 e. The minimum absolute atomic E-state index is 0.0457. The van der Waals surface area contributed by atoms with E-state index in [1.54, 1.807) is 14.2 Å². The van der Waals surface area contributed by atoms with E-state index in [-0.39, 0.29) is 5.69 Å². The summed E-state index contributed by atoms with van der Waals surface area (Å²) in [5, 5.41) is 13.3. The Kier molecular flexibility index (Phi) is 4.93. The van der Waals surface area contributed by atoms with E-state index in [1.165, 1.54) is 0 Å². The van der Waals surface area contributed by atoms with E-state index < -0.39 is 0 Å². The molecule has 1 aliphatic heterocycles. The van der Waals surface area contributed by atoms with E-state index in [9.17, 15) is 4.79 Å². The van der Waals surface area contributed by atoms with Gasteiger partial charge >= 0.3 is 5.69 Å². The predicted molar refractivity (Wildman–Crippen MR) is 118 cm³/mol. The number of anilines is 1. The molecule has 3 heterocycles. The number of aromatic amines is 1. The molecule has 0 bridgehead atoms. The van der Waals surface area contributed by atoms with E-state index in [0.717, 1.165) is 53.7 Å². The van der Waals surface area contributed by atoms with Gasteiger partial charge in [-0.2, -0.15) is 0 Å². The summed E-state index contributed by atoms with van der Waals surface area (Å²) >= 11 is 0. The minimum Gasteiger partial charge on any atom is -0.493 e. The van der Waals surface area contributed by atoms with Crippen molar-refractivity contribution in [3.63, 3.8) is 0 Å². The molecule has 160 valence electrons. The van der Waals surface area contributed by atoms with Gasteiger partial charge < -0.3 is 19.4 Å². The molecule has 9 heteroatoms. The van der Waals surface area contributed by atoms with Gasteiger partial charge in [0, 0.05) is 25.7 Å². The van der Waals surface area contributed by atoms with Crippen LogP contribution in [0.15, 0.2) is 41.2 Å². The van der Waals surface area contributed by atoms with E-state index in [4.69, 9.17) is 9.47 Å². The number of aromatic nitrogens is 5. The molecule has 0 unspecified atom stereocenters. The number of hydrogen-bond donors (Lipinski definition) is 1. The van der Waals surface area contributed by atoms with Crippen LogP contribution in [0.1, 0.15) is 12.8 Å². The minimum atomic E-state index is -0.0457. The zero-order chi connectivity index (χ0) is 21.4. The molecule has 0 saturated carbocycles. The Morgan fingerprint density at radius 2 is 1.81 bits per heavy atom. The zero-order valence-corrected chi connectivity index (χ0v) is 17.5. The van der Waals surface area contributed by atoms with Gasteiger partial charge in [0.25, 0.3) is 0 Å². The van der Waals surface area contributed by atoms with Crippen molar-refractivity contribution in [1.82, 2.24) is 25.0 Å². The summed E-state index contributed by atoms with van der Waals surface area (Å²) in [5.74, 6) is 2.47. The molecular formula is C22H24N6O3. The second-order valence-electron chi connectivity index (χ2n) is 7.83. The van der Waals surface area contributed by atoms with Crippen LogP contribution < -0.4 is 20.1 Å². The second-order valence-corrected chi connectivity index (χ2v) is 7.83. The summed E-state index contributed by atoms with van der Waals surface area (Å²) in [7, 11) is 3.21. The van der Waals surface area contributed by atoms with Gasteiger partial charge in [-0.25, -0.2) is 4.79 Å². The van der Waals surface area contributed by atoms with Gasteiger partial charge in [0.2, 0.25) is 0 Å². The summed E-state index contributed by atoms with van der Waals surface area (Å²) in [6.45, 7) is 2.39. The summed E-state index contributed by atoms with van der Waals surface area (Å²) in [6.07, 6.45) is 1.93. The number of rotatable bonds is 5. The summed E-state index contributed by atoms with van der Waals surface area (Å²) in [6, 6.07) is 11.6. The van der Waals surface area contributed by atoms with Crippen molar-refractivity contribution in [3.05, 3.63) is 46.9 Å². The van der Waals surface area contributed by atoms with Crippen molar-refractivity contribution in [2.24, 2.45) is 5.92 Å². The van der Waals surface area contributed by atoms with Gasteiger partial charge in [0.05, 0.1) is 30.6 Å². The van der Waals surface area contributed by atoms with Crippen molar-refractivity contribution in [2.75, 3.05) is 32.2 Å².